The number of fused-ring (bicyclic) bond motifs is 2. The van der Waals surface area contributed by atoms with Gasteiger partial charge in [0.2, 0.25) is 0 Å². The lowest BCUT2D eigenvalue weighted by molar-refractivity contribution is -0.178. The highest BCUT2D eigenvalue weighted by atomic mass is 32.1. The summed E-state index contributed by atoms with van der Waals surface area (Å²) in [5, 5.41) is 5.36. The highest BCUT2D eigenvalue weighted by Crippen LogP contribution is 2.46. The third-order valence-corrected chi connectivity index (χ3v) is 8.50. The Balaban J connectivity index is 1.48. The number of methoxy groups -OCH3 is 1. The van der Waals surface area contributed by atoms with Crippen LogP contribution in [0.4, 0.5) is 4.79 Å². The molecule has 0 radical (unpaired) electrons. The number of hydrogen-bond donors (Lipinski definition) is 0. The lowest BCUT2D eigenvalue weighted by Crippen LogP contribution is -2.34. The molecule has 0 amide bonds. The molecule has 2 fully saturated rings. The zero-order chi connectivity index (χ0) is 26.7. The van der Waals surface area contributed by atoms with Crippen LogP contribution in [-0.2, 0) is 20.6 Å². The van der Waals surface area contributed by atoms with Crippen LogP contribution in [0.2, 0.25) is 0 Å². The molecule has 38 heavy (non-hydrogen) atoms. The fourth-order valence-corrected chi connectivity index (χ4v) is 6.85. The normalized spacial score (nSPS) is 18.1. The Morgan fingerprint density at radius 2 is 1.97 bits per heavy atom. The van der Waals surface area contributed by atoms with E-state index in [1.54, 1.807) is 27.5 Å². The van der Waals surface area contributed by atoms with E-state index in [9.17, 15) is 4.79 Å². The van der Waals surface area contributed by atoms with Gasteiger partial charge in [0.1, 0.15) is 22.3 Å². The Labute approximate surface area is 224 Å². The highest BCUT2D eigenvalue weighted by molar-refractivity contribution is 7.18. The van der Waals surface area contributed by atoms with Gasteiger partial charge in [-0.1, -0.05) is 18.3 Å². The molecule has 5 heterocycles. The number of nitrogens with zero attached hydrogens (tertiary/aromatic N) is 5. The van der Waals surface area contributed by atoms with Crippen molar-refractivity contribution in [1.29, 1.82) is 0 Å². The monoisotopic (exact) mass is 539 g/mol. The molecule has 4 aromatic rings. The number of aromatic nitrogens is 5. The van der Waals surface area contributed by atoms with Gasteiger partial charge in [-0.25, -0.2) is 23.8 Å². The minimum atomic E-state index is -0.655. The van der Waals surface area contributed by atoms with E-state index in [4.69, 9.17) is 23.9 Å². The van der Waals surface area contributed by atoms with E-state index in [1.165, 1.54) is 6.33 Å². The summed E-state index contributed by atoms with van der Waals surface area (Å²) in [7, 11) is 1.60. The fourth-order valence-electron chi connectivity index (χ4n) is 5.59. The number of rotatable bonds is 4. The van der Waals surface area contributed by atoms with Crippen LogP contribution in [0.3, 0.4) is 0 Å². The predicted molar refractivity (Wildman–Crippen MR) is 143 cm³/mol. The molecule has 4 aromatic heterocycles. The fraction of sp³-hybridized carbons (Fsp3) is 0.556. The van der Waals surface area contributed by atoms with E-state index in [0.717, 1.165) is 57.9 Å². The van der Waals surface area contributed by atoms with E-state index in [0.29, 0.717) is 36.9 Å². The summed E-state index contributed by atoms with van der Waals surface area (Å²) >= 11 is 1.58. The SMILES string of the molecule is CCc1c(-c2cc(OC)c3ncnn3c2)n(C(=O)OC(C)(C)C)c2sc(C3CCC4(CC3)OCCO4)nc12. The number of hydrogen-bond acceptors (Lipinski definition) is 9. The molecule has 10 nitrogen and oxygen atoms in total. The summed E-state index contributed by atoms with van der Waals surface area (Å²) in [6.07, 6.45) is 7.21. The largest absolute Gasteiger partial charge is 0.493 e. The maximum absolute atomic E-state index is 13.7. The number of pyridine rings is 1. The molecular weight excluding hydrogens is 506 g/mol. The van der Waals surface area contributed by atoms with Gasteiger partial charge in [-0.2, -0.15) is 5.10 Å². The summed E-state index contributed by atoms with van der Waals surface area (Å²) < 4.78 is 26.7. The first-order chi connectivity index (χ1) is 18.2. The van der Waals surface area contributed by atoms with Crippen molar-refractivity contribution in [2.75, 3.05) is 20.3 Å². The van der Waals surface area contributed by atoms with Gasteiger partial charge in [-0.05, 0) is 46.1 Å². The van der Waals surface area contributed by atoms with Crippen LogP contribution in [0.25, 0.3) is 27.3 Å². The Morgan fingerprint density at radius 3 is 2.63 bits per heavy atom. The number of thiazole rings is 1. The van der Waals surface area contributed by atoms with Gasteiger partial charge in [-0.15, -0.1) is 0 Å². The molecule has 1 aliphatic carbocycles. The van der Waals surface area contributed by atoms with Gasteiger partial charge in [0.05, 0.1) is 31.0 Å². The minimum Gasteiger partial charge on any atom is -0.493 e. The van der Waals surface area contributed by atoms with Crippen LogP contribution in [0.15, 0.2) is 18.6 Å². The Kier molecular flexibility index (Phi) is 6.20. The molecule has 202 valence electrons. The van der Waals surface area contributed by atoms with Crippen LogP contribution in [0, 0.1) is 0 Å². The Morgan fingerprint density at radius 1 is 1.24 bits per heavy atom. The van der Waals surface area contributed by atoms with E-state index in [2.05, 4.69) is 17.0 Å². The smallest absolute Gasteiger partial charge is 0.420 e. The van der Waals surface area contributed by atoms with Gasteiger partial charge >= 0.3 is 6.09 Å². The van der Waals surface area contributed by atoms with Gasteiger partial charge in [-0.3, -0.25) is 0 Å². The summed E-state index contributed by atoms with van der Waals surface area (Å²) in [6.45, 7) is 9.04. The molecular formula is C27H33N5O5S. The van der Waals surface area contributed by atoms with Crippen LogP contribution in [0.5, 0.6) is 5.75 Å². The van der Waals surface area contributed by atoms with E-state index in [1.807, 2.05) is 33.0 Å². The average Bonchev–Trinajstić information content (AvgIpc) is 3.66. The first-order valence-corrected chi connectivity index (χ1v) is 14.0. The van der Waals surface area contributed by atoms with Crippen LogP contribution >= 0.6 is 11.3 Å². The second-order valence-electron chi connectivity index (χ2n) is 10.9. The topological polar surface area (TPSA) is 102 Å². The Bertz CT molecular complexity index is 1500. The number of carbonyl (C=O) groups is 1. The first-order valence-electron chi connectivity index (χ1n) is 13.1. The van der Waals surface area contributed by atoms with E-state index in [-0.39, 0.29) is 0 Å². The van der Waals surface area contributed by atoms with E-state index < -0.39 is 17.5 Å². The number of carbonyl (C=O) groups excluding carboxylic acids is 1. The van der Waals surface area contributed by atoms with E-state index >= 15 is 0 Å². The van der Waals surface area contributed by atoms with Crippen molar-refractivity contribution in [2.24, 2.45) is 0 Å². The summed E-state index contributed by atoms with van der Waals surface area (Å²) in [6, 6.07) is 1.89. The quantitative estimate of drug-likeness (QED) is 0.332. The third kappa shape index (κ3) is 4.26. The molecule has 1 saturated heterocycles. The Hall–Kier alpha value is -3.02. The molecule has 1 aliphatic heterocycles. The minimum absolute atomic E-state index is 0.303. The molecule has 0 unspecified atom stereocenters. The molecule has 1 spiro atoms. The molecule has 0 aromatic carbocycles. The summed E-state index contributed by atoms with van der Waals surface area (Å²) in [5.41, 5.74) is 3.32. The summed E-state index contributed by atoms with van der Waals surface area (Å²) in [5.74, 6) is 0.459. The van der Waals surface area contributed by atoms with Crippen molar-refractivity contribution in [3.05, 3.63) is 29.2 Å². The molecule has 11 heteroatoms. The maximum Gasteiger partial charge on any atom is 0.420 e. The lowest BCUT2D eigenvalue weighted by atomic mass is 9.85. The molecule has 0 bridgehead atoms. The zero-order valence-corrected chi connectivity index (χ0v) is 23.3. The summed E-state index contributed by atoms with van der Waals surface area (Å²) in [4.78, 5) is 24.0. The first kappa shape index (κ1) is 25.3. The van der Waals surface area contributed by atoms with Crippen LogP contribution < -0.4 is 4.74 Å². The van der Waals surface area contributed by atoms with Gasteiger partial charge in [0.25, 0.3) is 0 Å². The second-order valence-corrected chi connectivity index (χ2v) is 11.9. The third-order valence-electron chi connectivity index (χ3n) is 7.30. The van der Waals surface area contributed by atoms with Gasteiger partial charge < -0.3 is 18.9 Å². The van der Waals surface area contributed by atoms with Crippen molar-refractivity contribution in [3.8, 4) is 17.0 Å². The maximum atomic E-state index is 13.7. The number of ether oxygens (including phenoxy) is 4. The van der Waals surface area contributed by atoms with Crippen molar-refractivity contribution in [3.63, 3.8) is 0 Å². The zero-order valence-electron chi connectivity index (χ0n) is 22.4. The second kappa shape index (κ2) is 9.32. The highest BCUT2D eigenvalue weighted by Gasteiger charge is 2.41. The number of aryl methyl sites for hydroxylation is 1. The van der Waals surface area contributed by atoms with Gasteiger partial charge in [0.15, 0.2) is 17.2 Å². The standard InChI is InChI=1S/C27H33N5O5S/c1-6-18-20-24(38-23(30-20)16-7-9-27(10-8-16)35-11-12-36-27)32(25(33)37-26(2,3)4)21(18)17-13-19(34-5)22-28-15-29-31(22)14-17/h13-16H,6-12H2,1-5H3. The molecule has 1 saturated carbocycles. The molecule has 2 aliphatic rings. The van der Waals surface area contributed by atoms with Crippen molar-refractivity contribution < 1.29 is 23.7 Å². The van der Waals surface area contributed by atoms with Crippen molar-refractivity contribution in [2.45, 2.75) is 77.1 Å². The lowest BCUT2D eigenvalue weighted by Gasteiger charge is -2.34. The predicted octanol–water partition coefficient (Wildman–Crippen LogP) is 5.56. The van der Waals surface area contributed by atoms with Crippen molar-refractivity contribution >= 4 is 33.4 Å². The average molecular weight is 540 g/mol. The molecule has 6 rings (SSSR count). The molecule has 0 N–H and O–H groups in total. The van der Waals surface area contributed by atoms with Gasteiger partial charge in [0, 0.05) is 36.1 Å². The van der Waals surface area contributed by atoms with Crippen LogP contribution in [-0.4, -0.2) is 62.0 Å². The van der Waals surface area contributed by atoms with Crippen molar-refractivity contribution in [1.82, 2.24) is 24.1 Å². The molecule has 0 atom stereocenters. The van der Waals surface area contributed by atoms with Crippen LogP contribution in [0.1, 0.15) is 69.9 Å².